The molecule has 1 rings (SSSR count). The standard InChI is InChI=1S/C16H3F17N2O/c17-9(18,11(21,22)13(25,26)15(29,30)31)10(19,20)12(23,24)14(27,28)16(32,33)36-8-2-1-6(4-34)7(3-8)5-35/h1-3H. The fraction of sp³-hybridized carbons (Fsp3) is 0.500. The zero-order chi connectivity index (χ0) is 29.0. The van der Waals surface area contributed by atoms with Crippen LogP contribution in [-0.2, 0) is 0 Å². The maximum Gasteiger partial charge on any atom is 0.471 e. The van der Waals surface area contributed by atoms with Gasteiger partial charge in [0.15, 0.2) is 0 Å². The van der Waals surface area contributed by atoms with E-state index >= 15 is 0 Å². The summed E-state index contributed by atoms with van der Waals surface area (Å²) < 4.78 is 227. The van der Waals surface area contributed by atoms with Crippen LogP contribution in [0.1, 0.15) is 11.1 Å². The smallest absolute Gasteiger partial charge is 0.428 e. The predicted octanol–water partition coefficient (Wildman–Crippen LogP) is 6.78. The van der Waals surface area contributed by atoms with Gasteiger partial charge in [0.2, 0.25) is 0 Å². The Morgan fingerprint density at radius 2 is 0.861 bits per heavy atom. The Kier molecular flexibility index (Phi) is 7.23. The van der Waals surface area contributed by atoms with Crippen molar-refractivity contribution in [3.05, 3.63) is 29.3 Å². The van der Waals surface area contributed by atoms with E-state index in [0.717, 1.165) is 6.07 Å². The summed E-state index contributed by atoms with van der Waals surface area (Å²) in [6, 6.07) is 2.68. The van der Waals surface area contributed by atoms with Gasteiger partial charge in [-0.15, -0.1) is 0 Å². The Hall–Kier alpha value is -3.19. The average molecular weight is 562 g/mol. The molecule has 3 nitrogen and oxygen atoms in total. The van der Waals surface area contributed by atoms with Crippen molar-refractivity contribution < 1.29 is 79.4 Å². The molecule has 0 N–H and O–H groups in total. The maximum atomic E-state index is 13.7. The zero-order valence-electron chi connectivity index (χ0n) is 16.0. The van der Waals surface area contributed by atoms with Crippen molar-refractivity contribution in [2.45, 2.75) is 47.8 Å². The van der Waals surface area contributed by atoms with Crippen LogP contribution in [0.3, 0.4) is 0 Å². The first-order chi connectivity index (χ1) is 15.7. The Morgan fingerprint density at radius 3 is 1.22 bits per heavy atom. The van der Waals surface area contributed by atoms with E-state index in [1.165, 1.54) is 6.07 Å². The van der Waals surface area contributed by atoms with Gasteiger partial charge in [-0.05, 0) is 18.2 Å². The van der Waals surface area contributed by atoms with Crippen LogP contribution in [0.2, 0.25) is 0 Å². The number of hydrogen-bond acceptors (Lipinski definition) is 3. The number of halogens is 17. The van der Waals surface area contributed by atoms with Crippen LogP contribution in [-0.4, -0.2) is 47.8 Å². The SMILES string of the molecule is N#Cc1ccc(OC(F)(F)C(F)(F)C(F)(F)C(F)(F)C(F)(F)C(F)(F)C(F)(F)C(F)(F)F)cc1C#N. The zero-order valence-corrected chi connectivity index (χ0v) is 16.0. The van der Waals surface area contributed by atoms with Gasteiger partial charge in [-0.1, -0.05) is 0 Å². The molecule has 0 aliphatic carbocycles. The molecule has 0 heterocycles. The molecule has 0 bridgehead atoms. The molecular weight excluding hydrogens is 559 g/mol. The van der Waals surface area contributed by atoms with Crippen LogP contribution in [0, 0.1) is 22.7 Å². The van der Waals surface area contributed by atoms with E-state index in [2.05, 4.69) is 4.74 Å². The number of alkyl halides is 17. The van der Waals surface area contributed by atoms with E-state index in [1.54, 1.807) is 0 Å². The van der Waals surface area contributed by atoms with Gasteiger partial charge in [0, 0.05) is 0 Å². The lowest BCUT2D eigenvalue weighted by Crippen LogP contribution is -2.74. The lowest BCUT2D eigenvalue weighted by molar-refractivity contribution is -0.471. The summed E-state index contributed by atoms with van der Waals surface area (Å²) >= 11 is 0. The normalized spacial score (nSPS) is 14.8. The molecule has 202 valence electrons. The Balaban J connectivity index is 3.63. The van der Waals surface area contributed by atoms with E-state index in [4.69, 9.17) is 10.5 Å². The highest BCUT2D eigenvalue weighted by Gasteiger charge is 2.95. The van der Waals surface area contributed by atoms with E-state index in [1.807, 2.05) is 0 Å². The fourth-order valence-corrected chi connectivity index (χ4v) is 2.14. The minimum Gasteiger partial charge on any atom is -0.428 e. The van der Waals surface area contributed by atoms with Crippen LogP contribution in [0.15, 0.2) is 18.2 Å². The summed E-state index contributed by atoms with van der Waals surface area (Å²) in [7, 11) is 0. The first-order valence-corrected chi connectivity index (χ1v) is 8.06. The third-order valence-electron chi connectivity index (χ3n) is 4.17. The molecule has 1 aromatic carbocycles. The summed E-state index contributed by atoms with van der Waals surface area (Å²) in [6.07, 6.45) is -15.0. The number of hydrogen-bond donors (Lipinski definition) is 0. The van der Waals surface area contributed by atoms with E-state index in [9.17, 15) is 74.6 Å². The van der Waals surface area contributed by atoms with Gasteiger partial charge < -0.3 is 4.74 Å². The second kappa shape index (κ2) is 8.44. The number of nitrogens with zero attached hydrogens (tertiary/aromatic N) is 2. The van der Waals surface area contributed by atoms with Crippen molar-refractivity contribution >= 4 is 0 Å². The van der Waals surface area contributed by atoms with Gasteiger partial charge in [-0.2, -0.15) is 85.2 Å². The Morgan fingerprint density at radius 1 is 0.500 bits per heavy atom. The summed E-state index contributed by atoms with van der Waals surface area (Å²) in [5.74, 6) is -52.7. The highest BCUT2D eigenvalue weighted by atomic mass is 19.4. The van der Waals surface area contributed by atoms with Crippen LogP contribution in [0.25, 0.3) is 0 Å². The lowest BCUT2D eigenvalue weighted by Gasteiger charge is -2.42. The molecule has 0 radical (unpaired) electrons. The Labute approximate surface area is 186 Å². The third-order valence-corrected chi connectivity index (χ3v) is 4.17. The summed E-state index contributed by atoms with van der Waals surface area (Å²) in [5.41, 5.74) is -1.66. The molecule has 20 heteroatoms. The molecule has 0 unspecified atom stereocenters. The number of nitriles is 2. The average Bonchev–Trinajstić information content (AvgIpc) is 2.71. The van der Waals surface area contributed by atoms with Gasteiger partial charge in [0.05, 0.1) is 11.1 Å². The highest BCUT2D eigenvalue weighted by molar-refractivity contribution is 5.49. The lowest BCUT2D eigenvalue weighted by atomic mass is 9.90. The van der Waals surface area contributed by atoms with Crippen LogP contribution in [0.5, 0.6) is 5.75 Å². The van der Waals surface area contributed by atoms with Crippen molar-refractivity contribution in [3.8, 4) is 17.9 Å². The van der Waals surface area contributed by atoms with Crippen molar-refractivity contribution in [1.82, 2.24) is 0 Å². The summed E-state index contributed by atoms with van der Waals surface area (Å²) in [5, 5.41) is 17.2. The molecule has 0 fully saturated rings. The van der Waals surface area contributed by atoms with E-state index in [-0.39, 0.29) is 12.1 Å². The molecule has 36 heavy (non-hydrogen) atoms. The van der Waals surface area contributed by atoms with Crippen molar-refractivity contribution in [2.75, 3.05) is 0 Å². The van der Waals surface area contributed by atoms with Gasteiger partial charge in [-0.3, -0.25) is 0 Å². The van der Waals surface area contributed by atoms with E-state index < -0.39 is 64.7 Å². The number of benzene rings is 1. The number of rotatable bonds is 8. The second-order valence-corrected chi connectivity index (χ2v) is 6.49. The minimum atomic E-state index is -8.75. The number of ether oxygens (including phenoxy) is 1. The molecule has 0 spiro atoms. The van der Waals surface area contributed by atoms with Crippen LogP contribution >= 0.6 is 0 Å². The summed E-state index contributed by atoms with van der Waals surface area (Å²) in [4.78, 5) is 0. The molecule has 0 aliphatic heterocycles. The van der Waals surface area contributed by atoms with E-state index in [0.29, 0.717) is 6.07 Å². The molecular formula is C16H3F17N2O. The van der Waals surface area contributed by atoms with Gasteiger partial charge in [0.1, 0.15) is 17.9 Å². The maximum absolute atomic E-state index is 13.7. The van der Waals surface area contributed by atoms with Crippen molar-refractivity contribution in [1.29, 1.82) is 10.5 Å². The molecule has 0 saturated heterocycles. The van der Waals surface area contributed by atoms with Gasteiger partial charge in [-0.25, -0.2) is 0 Å². The quantitative estimate of drug-likeness (QED) is 0.329. The predicted molar refractivity (Wildman–Crippen MR) is 77.2 cm³/mol. The topological polar surface area (TPSA) is 56.8 Å². The molecule has 1 aromatic rings. The van der Waals surface area contributed by atoms with Gasteiger partial charge >= 0.3 is 47.8 Å². The second-order valence-electron chi connectivity index (χ2n) is 6.49. The highest BCUT2D eigenvalue weighted by Crippen LogP contribution is 2.64. The third kappa shape index (κ3) is 4.09. The first kappa shape index (κ1) is 30.8. The Bertz CT molecular complexity index is 1080. The molecule has 0 aliphatic rings. The van der Waals surface area contributed by atoms with Crippen molar-refractivity contribution in [3.63, 3.8) is 0 Å². The van der Waals surface area contributed by atoms with Gasteiger partial charge in [0.25, 0.3) is 0 Å². The monoisotopic (exact) mass is 562 g/mol. The summed E-state index contributed by atoms with van der Waals surface area (Å²) in [6.45, 7) is 0. The largest absolute Gasteiger partial charge is 0.471 e. The molecule has 0 aromatic heterocycles. The van der Waals surface area contributed by atoms with Crippen molar-refractivity contribution in [2.24, 2.45) is 0 Å². The molecule has 0 amide bonds. The fourth-order valence-electron chi connectivity index (χ4n) is 2.14. The minimum absolute atomic E-state index is 0.0501. The first-order valence-electron chi connectivity index (χ1n) is 8.06. The molecule has 0 atom stereocenters. The van der Waals surface area contributed by atoms with Crippen LogP contribution < -0.4 is 4.74 Å². The van der Waals surface area contributed by atoms with Crippen LogP contribution in [0.4, 0.5) is 74.6 Å². The molecule has 0 saturated carbocycles.